The highest BCUT2D eigenvalue weighted by Crippen LogP contribution is 2.59. The van der Waals surface area contributed by atoms with Gasteiger partial charge < -0.3 is 9.47 Å². The number of carbonyl (C=O) groups excluding carboxylic acids is 1. The molecule has 4 bridgehead atoms. The van der Waals surface area contributed by atoms with Gasteiger partial charge in [0.15, 0.2) is 0 Å². The minimum Gasteiger partial charge on any atom is -0.486 e. The van der Waals surface area contributed by atoms with Gasteiger partial charge in [0.1, 0.15) is 23.7 Å². The monoisotopic (exact) mass is 462 g/mol. The van der Waals surface area contributed by atoms with E-state index in [0.29, 0.717) is 11.8 Å². The van der Waals surface area contributed by atoms with Gasteiger partial charge in [0, 0.05) is 0 Å². The summed E-state index contributed by atoms with van der Waals surface area (Å²) in [6.45, 7) is 1.27. The lowest BCUT2D eigenvalue weighted by atomic mass is 9.50. The fourth-order valence-corrected chi connectivity index (χ4v) is 6.11. The second-order valence-corrected chi connectivity index (χ2v) is 10.8. The number of benzene rings is 1. The lowest BCUT2D eigenvalue weighted by Gasteiger charge is -2.59. The highest BCUT2D eigenvalue weighted by Gasteiger charge is 2.57. The van der Waals surface area contributed by atoms with Crippen molar-refractivity contribution in [3.05, 3.63) is 29.3 Å². The topological polar surface area (TPSA) is 89.9 Å². The molecule has 0 atom stereocenters. The zero-order valence-corrected chi connectivity index (χ0v) is 17.8. The number of hydrogen-bond donors (Lipinski definition) is 1. The maximum atomic E-state index is 13.7. The average Bonchev–Trinajstić information content (AvgIpc) is 2.63. The van der Waals surface area contributed by atoms with Gasteiger partial charge in [-0.2, -0.15) is 21.6 Å². The summed E-state index contributed by atoms with van der Waals surface area (Å²) >= 11 is 0. The molecule has 4 aliphatic rings. The molecule has 1 aromatic rings. The minimum atomic E-state index is -4.66. The third-order valence-corrected chi connectivity index (χ3v) is 7.87. The summed E-state index contributed by atoms with van der Waals surface area (Å²) in [6, 6.07) is 2.79. The van der Waals surface area contributed by atoms with E-state index in [1.165, 1.54) is 6.42 Å². The van der Waals surface area contributed by atoms with Gasteiger partial charge in [-0.25, -0.2) is 4.79 Å². The van der Waals surface area contributed by atoms with Gasteiger partial charge >= 0.3 is 12.1 Å². The molecule has 0 aliphatic heterocycles. The molecule has 0 aromatic heterocycles. The molecule has 6 nitrogen and oxygen atoms in total. The molecule has 5 rings (SSSR count). The molecule has 1 aromatic carbocycles. The second-order valence-electron chi connectivity index (χ2n) is 9.22. The van der Waals surface area contributed by atoms with Crippen LogP contribution in [0.1, 0.15) is 54.9 Å². The summed E-state index contributed by atoms with van der Waals surface area (Å²) in [5, 5.41) is 0. The first kappa shape index (κ1) is 22.4. The largest absolute Gasteiger partial charge is 0.486 e. The second kappa shape index (κ2) is 7.65. The lowest BCUT2D eigenvalue weighted by Crippen LogP contribution is -2.59. The van der Waals surface area contributed by atoms with Crippen LogP contribution >= 0.6 is 0 Å². The Morgan fingerprint density at radius 2 is 1.71 bits per heavy atom. The van der Waals surface area contributed by atoms with Crippen LogP contribution in [0.3, 0.4) is 0 Å². The SMILES string of the molecule is CC1(Oc2cc(C(=O)OCCS(=O)(=O)O)ccc2C(F)(F)F)C2CC3CC(C2)CC1C3. The van der Waals surface area contributed by atoms with E-state index in [-0.39, 0.29) is 17.4 Å². The van der Waals surface area contributed by atoms with Crippen molar-refractivity contribution in [1.29, 1.82) is 0 Å². The molecule has 0 saturated heterocycles. The van der Waals surface area contributed by atoms with Crippen molar-refractivity contribution in [2.75, 3.05) is 12.4 Å². The van der Waals surface area contributed by atoms with Crippen LogP contribution in [0.15, 0.2) is 18.2 Å². The van der Waals surface area contributed by atoms with Crippen LogP contribution in [0.25, 0.3) is 0 Å². The highest BCUT2D eigenvalue weighted by atomic mass is 32.2. The fourth-order valence-electron chi connectivity index (χ4n) is 5.81. The smallest absolute Gasteiger partial charge is 0.419 e. The summed E-state index contributed by atoms with van der Waals surface area (Å²) in [7, 11) is -4.32. The third kappa shape index (κ3) is 4.55. The quantitative estimate of drug-likeness (QED) is 0.500. The number of hydrogen-bond acceptors (Lipinski definition) is 5. The van der Waals surface area contributed by atoms with Gasteiger partial charge in [-0.15, -0.1) is 0 Å². The summed E-state index contributed by atoms with van der Waals surface area (Å²) in [6.07, 6.45) is 0.321. The van der Waals surface area contributed by atoms with Gasteiger partial charge in [0.05, 0.1) is 11.1 Å². The van der Waals surface area contributed by atoms with Gasteiger partial charge in [-0.1, -0.05) is 0 Å². The van der Waals surface area contributed by atoms with Crippen molar-refractivity contribution in [3.63, 3.8) is 0 Å². The van der Waals surface area contributed by atoms with Crippen molar-refractivity contribution >= 4 is 16.1 Å². The van der Waals surface area contributed by atoms with Crippen molar-refractivity contribution in [2.45, 2.75) is 50.8 Å². The zero-order valence-electron chi connectivity index (χ0n) is 17.0. The maximum Gasteiger partial charge on any atom is 0.419 e. The number of halogens is 3. The van der Waals surface area contributed by atoms with E-state index in [9.17, 15) is 26.4 Å². The van der Waals surface area contributed by atoms with Crippen LogP contribution in [-0.4, -0.2) is 36.9 Å². The summed E-state index contributed by atoms with van der Waals surface area (Å²) in [5.74, 6) is -0.614. The first-order chi connectivity index (χ1) is 14.3. The number of alkyl halides is 3. The van der Waals surface area contributed by atoms with Crippen molar-refractivity contribution in [2.24, 2.45) is 23.7 Å². The van der Waals surface area contributed by atoms with Crippen LogP contribution < -0.4 is 4.74 Å². The Morgan fingerprint density at radius 1 is 1.13 bits per heavy atom. The predicted molar refractivity (Wildman–Crippen MR) is 104 cm³/mol. The summed E-state index contributed by atoms with van der Waals surface area (Å²) in [5.41, 5.74) is -1.87. The molecule has 0 radical (unpaired) electrons. The number of ether oxygens (including phenoxy) is 2. The molecular weight excluding hydrogens is 437 g/mol. The van der Waals surface area contributed by atoms with Gasteiger partial charge in [0.2, 0.25) is 0 Å². The lowest BCUT2D eigenvalue weighted by molar-refractivity contribution is -0.157. The first-order valence-electron chi connectivity index (χ1n) is 10.4. The van der Waals surface area contributed by atoms with Crippen LogP contribution in [0, 0.1) is 23.7 Å². The van der Waals surface area contributed by atoms with E-state index < -0.39 is 51.5 Å². The molecule has 10 heteroatoms. The Hall–Kier alpha value is -1.81. The molecule has 31 heavy (non-hydrogen) atoms. The molecule has 0 spiro atoms. The van der Waals surface area contributed by atoms with Crippen LogP contribution in [-0.2, 0) is 21.0 Å². The maximum absolute atomic E-state index is 13.7. The average molecular weight is 462 g/mol. The number of rotatable bonds is 6. The van der Waals surface area contributed by atoms with Crippen molar-refractivity contribution in [3.8, 4) is 5.75 Å². The highest BCUT2D eigenvalue weighted by molar-refractivity contribution is 7.85. The van der Waals surface area contributed by atoms with Crippen LogP contribution in [0.4, 0.5) is 13.2 Å². The molecule has 172 valence electrons. The van der Waals surface area contributed by atoms with Gasteiger partial charge in [0.25, 0.3) is 10.1 Å². The van der Waals surface area contributed by atoms with Crippen LogP contribution in [0.5, 0.6) is 5.75 Å². The molecule has 0 heterocycles. The summed E-state index contributed by atoms with van der Waals surface area (Å²) in [4.78, 5) is 12.2. The first-order valence-corrected chi connectivity index (χ1v) is 12.0. The van der Waals surface area contributed by atoms with Crippen molar-refractivity contribution in [1.82, 2.24) is 0 Å². The fraction of sp³-hybridized carbons (Fsp3) is 0.667. The predicted octanol–water partition coefficient (Wildman–Crippen LogP) is 4.34. The normalized spacial score (nSPS) is 32.2. The number of carbonyl (C=O) groups is 1. The molecule has 4 saturated carbocycles. The summed E-state index contributed by atoms with van der Waals surface area (Å²) < 4.78 is 82.1. The molecule has 0 amide bonds. The third-order valence-electron chi connectivity index (χ3n) is 7.19. The Bertz CT molecular complexity index is 944. The van der Waals surface area contributed by atoms with E-state index in [2.05, 4.69) is 0 Å². The molecular formula is C21H25F3O6S. The Kier molecular flexibility index (Phi) is 5.53. The molecule has 0 unspecified atom stereocenters. The molecule has 4 aliphatic carbocycles. The zero-order chi connectivity index (χ0) is 22.6. The molecule has 4 fully saturated rings. The van der Waals surface area contributed by atoms with Gasteiger partial charge in [-0.05, 0) is 80.9 Å². The minimum absolute atomic E-state index is 0.175. The van der Waals surface area contributed by atoms with E-state index in [1.807, 2.05) is 6.92 Å². The van der Waals surface area contributed by atoms with E-state index in [1.54, 1.807) is 0 Å². The van der Waals surface area contributed by atoms with E-state index in [0.717, 1.165) is 43.9 Å². The Balaban J connectivity index is 1.59. The van der Waals surface area contributed by atoms with E-state index in [4.69, 9.17) is 14.0 Å². The Morgan fingerprint density at radius 3 is 2.23 bits per heavy atom. The number of esters is 1. The van der Waals surface area contributed by atoms with Crippen molar-refractivity contribution < 1.29 is 40.4 Å². The Labute approximate surface area is 178 Å². The van der Waals surface area contributed by atoms with Gasteiger partial charge in [-0.3, -0.25) is 4.55 Å². The standard InChI is InChI=1S/C21H25F3O6S/c1-20(15-7-12-6-13(9-15)10-16(20)8-12)30-18-11-14(2-3-17(18)21(22,23)24)19(25)29-4-5-31(26,27)28/h2-3,11-13,15-16H,4-10H2,1H3,(H,26,27,28). The van der Waals surface area contributed by atoms with Crippen LogP contribution in [0.2, 0.25) is 0 Å². The van der Waals surface area contributed by atoms with E-state index >= 15 is 0 Å². The molecule has 1 N–H and O–H groups in total.